The minimum absolute atomic E-state index is 0.0174. The van der Waals surface area contributed by atoms with Gasteiger partial charge in [0.05, 0.1) is 12.2 Å². The molecular formula is C23H25N3O3S. The third kappa shape index (κ3) is 4.71. The number of rotatable bonds is 6. The van der Waals surface area contributed by atoms with Crippen LogP contribution in [0.4, 0.5) is 5.00 Å². The lowest BCUT2D eigenvalue weighted by molar-refractivity contribution is -0.138. The van der Waals surface area contributed by atoms with Crippen LogP contribution in [0.5, 0.6) is 0 Å². The maximum absolute atomic E-state index is 13.4. The van der Waals surface area contributed by atoms with Crippen LogP contribution in [0, 0.1) is 18.3 Å². The van der Waals surface area contributed by atoms with Gasteiger partial charge in [-0.2, -0.15) is 5.26 Å². The van der Waals surface area contributed by atoms with E-state index < -0.39 is 5.97 Å². The molecule has 2 heterocycles. The van der Waals surface area contributed by atoms with Crippen molar-refractivity contribution in [3.05, 3.63) is 53.2 Å². The Labute approximate surface area is 180 Å². The molecule has 0 bridgehead atoms. The number of ether oxygens (including phenoxy) is 1. The van der Waals surface area contributed by atoms with E-state index in [9.17, 15) is 14.9 Å². The number of thiophene rings is 1. The van der Waals surface area contributed by atoms with Crippen molar-refractivity contribution in [1.82, 2.24) is 4.90 Å². The maximum atomic E-state index is 13.4. The summed E-state index contributed by atoms with van der Waals surface area (Å²) in [7, 11) is 0. The maximum Gasteiger partial charge on any atom is 0.350 e. The Morgan fingerprint density at radius 1 is 1.23 bits per heavy atom. The Morgan fingerprint density at radius 2 is 1.93 bits per heavy atom. The van der Waals surface area contributed by atoms with Gasteiger partial charge in [0.2, 0.25) is 0 Å². The summed E-state index contributed by atoms with van der Waals surface area (Å²) >= 11 is 1.44. The van der Waals surface area contributed by atoms with Gasteiger partial charge < -0.3 is 15.0 Å². The Bertz CT molecular complexity index is 983. The third-order valence-electron chi connectivity index (χ3n) is 5.00. The van der Waals surface area contributed by atoms with E-state index in [4.69, 9.17) is 4.74 Å². The molecule has 1 aliphatic rings. The van der Waals surface area contributed by atoms with Gasteiger partial charge in [-0.3, -0.25) is 4.79 Å². The van der Waals surface area contributed by atoms with Crippen molar-refractivity contribution in [3.63, 3.8) is 0 Å². The quantitative estimate of drug-likeness (QED) is 0.412. The number of amides is 1. The van der Waals surface area contributed by atoms with Crippen LogP contribution < -0.4 is 5.32 Å². The lowest BCUT2D eigenvalue weighted by Crippen LogP contribution is -2.36. The number of hydrogen-bond donors (Lipinski definition) is 1. The summed E-state index contributed by atoms with van der Waals surface area (Å²) in [5, 5.41) is 13.0. The van der Waals surface area contributed by atoms with Crippen molar-refractivity contribution in [1.29, 1.82) is 5.26 Å². The van der Waals surface area contributed by atoms with Crippen molar-refractivity contribution in [3.8, 4) is 16.5 Å². The number of likely N-dealkylation sites (tertiary alicyclic amines) is 1. The standard InChI is InChI=1S/C23H25N3O3S/c1-3-29-23(28)18(14-24)15-25-21-19(22(27)26-12-8-5-9-13-26)16(2)20(30-21)17-10-6-4-7-11-17/h4,6-7,10-11,15,25H,3,5,8-9,12-13H2,1-2H3/b18-15+. The Hall–Kier alpha value is -3.11. The van der Waals surface area contributed by atoms with Gasteiger partial charge in [0.15, 0.2) is 5.57 Å². The zero-order chi connectivity index (χ0) is 21.5. The van der Waals surface area contributed by atoms with Crippen molar-refractivity contribution in [2.75, 3.05) is 25.0 Å². The highest BCUT2D eigenvalue weighted by atomic mass is 32.1. The van der Waals surface area contributed by atoms with Crippen molar-refractivity contribution >= 4 is 28.2 Å². The van der Waals surface area contributed by atoms with Crippen LogP contribution in [-0.2, 0) is 9.53 Å². The molecular weight excluding hydrogens is 398 g/mol. The second kappa shape index (κ2) is 10.1. The van der Waals surface area contributed by atoms with Gasteiger partial charge in [-0.1, -0.05) is 30.3 Å². The van der Waals surface area contributed by atoms with E-state index in [1.54, 1.807) is 6.92 Å². The van der Waals surface area contributed by atoms with Gasteiger partial charge in [0, 0.05) is 24.2 Å². The number of nitrogens with one attached hydrogen (secondary N) is 1. The summed E-state index contributed by atoms with van der Waals surface area (Å²) in [5.74, 6) is -0.704. The fourth-order valence-electron chi connectivity index (χ4n) is 3.48. The van der Waals surface area contributed by atoms with Crippen LogP contribution in [0.3, 0.4) is 0 Å². The molecule has 3 rings (SSSR count). The molecule has 1 amide bonds. The predicted molar refractivity (Wildman–Crippen MR) is 118 cm³/mol. The van der Waals surface area contributed by atoms with Crippen LogP contribution in [0.15, 0.2) is 42.1 Å². The van der Waals surface area contributed by atoms with E-state index in [1.165, 1.54) is 17.5 Å². The molecule has 1 aromatic heterocycles. The third-order valence-corrected chi connectivity index (χ3v) is 6.28. The molecule has 0 spiro atoms. The highest BCUT2D eigenvalue weighted by Crippen LogP contribution is 2.40. The number of carbonyl (C=O) groups is 2. The topological polar surface area (TPSA) is 82.4 Å². The minimum Gasteiger partial charge on any atom is -0.462 e. The zero-order valence-corrected chi connectivity index (χ0v) is 18.1. The first kappa shape index (κ1) is 21.6. The summed E-state index contributed by atoms with van der Waals surface area (Å²) in [6.45, 7) is 5.31. The fourth-order valence-corrected chi connectivity index (χ4v) is 4.65. The van der Waals surface area contributed by atoms with E-state index in [0.717, 1.165) is 48.4 Å². The van der Waals surface area contributed by atoms with Crippen molar-refractivity contribution in [2.45, 2.75) is 33.1 Å². The first-order valence-electron chi connectivity index (χ1n) is 10.1. The van der Waals surface area contributed by atoms with Gasteiger partial charge in [0.1, 0.15) is 11.1 Å². The van der Waals surface area contributed by atoms with E-state index in [1.807, 2.05) is 48.2 Å². The SMILES string of the molecule is CCOC(=O)/C(C#N)=C/Nc1sc(-c2ccccc2)c(C)c1C(=O)N1CCCCC1. The molecule has 0 atom stereocenters. The molecule has 1 aromatic carbocycles. The lowest BCUT2D eigenvalue weighted by Gasteiger charge is -2.27. The first-order valence-corrected chi connectivity index (χ1v) is 10.9. The summed E-state index contributed by atoms with van der Waals surface area (Å²) in [5.41, 5.74) is 2.38. The predicted octanol–water partition coefficient (Wildman–Crippen LogP) is 4.73. The van der Waals surface area contributed by atoms with Gasteiger partial charge in [-0.25, -0.2) is 4.79 Å². The zero-order valence-electron chi connectivity index (χ0n) is 17.2. The molecule has 2 aromatic rings. The van der Waals surface area contributed by atoms with Gasteiger partial charge in [-0.15, -0.1) is 11.3 Å². The molecule has 1 aliphatic heterocycles. The number of carbonyl (C=O) groups excluding carboxylic acids is 2. The number of nitriles is 1. The monoisotopic (exact) mass is 423 g/mol. The average molecular weight is 424 g/mol. The van der Waals surface area contributed by atoms with Crippen LogP contribution in [0.25, 0.3) is 10.4 Å². The molecule has 1 fully saturated rings. The summed E-state index contributed by atoms with van der Waals surface area (Å²) < 4.78 is 4.91. The highest BCUT2D eigenvalue weighted by Gasteiger charge is 2.27. The molecule has 1 N–H and O–H groups in total. The second-order valence-corrected chi connectivity index (χ2v) is 8.03. The molecule has 156 valence electrons. The van der Waals surface area contributed by atoms with E-state index in [0.29, 0.717) is 10.6 Å². The molecule has 0 unspecified atom stereocenters. The van der Waals surface area contributed by atoms with E-state index in [-0.39, 0.29) is 18.1 Å². The van der Waals surface area contributed by atoms with Crippen LogP contribution in [-0.4, -0.2) is 36.5 Å². The molecule has 0 saturated carbocycles. The van der Waals surface area contributed by atoms with Crippen molar-refractivity contribution < 1.29 is 14.3 Å². The second-order valence-electron chi connectivity index (χ2n) is 7.01. The fraction of sp³-hybridized carbons (Fsp3) is 0.348. The molecule has 7 heteroatoms. The molecule has 0 aliphatic carbocycles. The Balaban J connectivity index is 2.01. The summed E-state index contributed by atoms with van der Waals surface area (Å²) in [4.78, 5) is 28.2. The van der Waals surface area contributed by atoms with Crippen LogP contribution in [0.1, 0.15) is 42.1 Å². The van der Waals surface area contributed by atoms with Gasteiger partial charge in [0.25, 0.3) is 5.91 Å². The van der Waals surface area contributed by atoms with Gasteiger partial charge >= 0.3 is 5.97 Å². The summed E-state index contributed by atoms with van der Waals surface area (Å²) in [6, 6.07) is 11.7. The van der Waals surface area contributed by atoms with E-state index in [2.05, 4.69) is 5.32 Å². The number of piperidine rings is 1. The molecule has 6 nitrogen and oxygen atoms in total. The lowest BCUT2D eigenvalue weighted by atomic mass is 10.0. The minimum atomic E-state index is -0.687. The van der Waals surface area contributed by atoms with Gasteiger partial charge in [-0.05, 0) is 44.2 Å². The number of nitrogens with zero attached hydrogens (tertiary/aromatic N) is 2. The largest absolute Gasteiger partial charge is 0.462 e. The molecule has 1 saturated heterocycles. The van der Waals surface area contributed by atoms with Crippen molar-refractivity contribution in [2.24, 2.45) is 0 Å². The number of esters is 1. The summed E-state index contributed by atoms with van der Waals surface area (Å²) in [6.07, 6.45) is 4.47. The molecule has 0 radical (unpaired) electrons. The average Bonchev–Trinajstić information content (AvgIpc) is 3.11. The highest BCUT2D eigenvalue weighted by molar-refractivity contribution is 7.20. The van der Waals surface area contributed by atoms with Crippen LogP contribution >= 0.6 is 11.3 Å². The Kier molecular flexibility index (Phi) is 7.26. The number of anilines is 1. The Morgan fingerprint density at radius 3 is 2.57 bits per heavy atom. The van der Waals surface area contributed by atoms with E-state index >= 15 is 0 Å². The first-order chi connectivity index (χ1) is 14.6. The number of benzene rings is 1. The number of hydrogen-bond acceptors (Lipinski definition) is 6. The van der Waals surface area contributed by atoms with Crippen LogP contribution in [0.2, 0.25) is 0 Å². The normalized spacial score (nSPS) is 14.2. The smallest absolute Gasteiger partial charge is 0.350 e. The molecule has 30 heavy (non-hydrogen) atoms.